The molecule has 6 nitrogen and oxygen atoms in total. The van der Waals surface area contributed by atoms with Gasteiger partial charge in [0.2, 0.25) is 5.91 Å². The first-order valence-electron chi connectivity index (χ1n) is 9.57. The highest BCUT2D eigenvalue weighted by molar-refractivity contribution is 5.98. The lowest BCUT2D eigenvalue weighted by Gasteiger charge is -2.41. The van der Waals surface area contributed by atoms with Crippen LogP contribution in [0.3, 0.4) is 0 Å². The Bertz CT molecular complexity index is 676. The largest absolute Gasteiger partial charge is 0.385 e. The van der Waals surface area contributed by atoms with Crippen molar-refractivity contribution < 1.29 is 23.5 Å². The number of halogens is 1. The average Bonchev–Trinajstić information content (AvgIpc) is 3.03. The Labute approximate surface area is 159 Å². The number of rotatable bonds is 6. The van der Waals surface area contributed by atoms with E-state index in [2.05, 4.69) is 5.32 Å². The van der Waals surface area contributed by atoms with Crippen molar-refractivity contribution in [1.29, 1.82) is 0 Å². The summed E-state index contributed by atoms with van der Waals surface area (Å²) in [7, 11) is 1.61. The zero-order valence-electron chi connectivity index (χ0n) is 15.7. The van der Waals surface area contributed by atoms with Crippen molar-refractivity contribution in [3.8, 4) is 0 Å². The molecule has 1 aliphatic heterocycles. The number of hydrogen-bond acceptors (Lipinski definition) is 4. The summed E-state index contributed by atoms with van der Waals surface area (Å²) in [5, 5.41) is 2.86. The SMILES string of the molecule is COCCCNC(=O)[C@@H]1COC2(CCCCC2)N1C(=O)c1cccc(F)c1. The van der Waals surface area contributed by atoms with Crippen LogP contribution in [0.25, 0.3) is 0 Å². The predicted molar refractivity (Wildman–Crippen MR) is 97.6 cm³/mol. The lowest BCUT2D eigenvalue weighted by atomic mass is 9.89. The van der Waals surface area contributed by atoms with Gasteiger partial charge in [-0.2, -0.15) is 0 Å². The van der Waals surface area contributed by atoms with Crippen LogP contribution in [0.5, 0.6) is 0 Å². The van der Waals surface area contributed by atoms with E-state index < -0.39 is 17.6 Å². The minimum atomic E-state index is -0.768. The van der Waals surface area contributed by atoms with Gasteiger partial charge in [0.15, 0.2) is 0 Å². The second-order valence-corrected chi connectivity index (χ2v) is 7.16. The summed E-state index contributed by atoms with van der Waals surface area (Å²) < 4.78 is 24.7. The molecule has 3 rings (SSSR count). The van der Waals surface area contributed by atoms with Gasteiger partial charge in [-0.25, -0.2) is 4.39 Å². The van der Waals surface area contributed by atoms with Crippen LogP contribution in [0.15, 0.2) is 24.3 Å². The monoisotopic (exact) mass is 378 g/mol. The molecule has 1 aliphatic carbocycles. The van der Waals surface area contributed by atoms with E-state index >= 15 is 0 Å². The Morgan fingerprint density at radius 2 is 2.11 bits per heavy atom. The summed E-state index contributed by atoms with van der Waals surface area (Å²) in [5.74, 6) is -1.07. The van der Waals surface area contributed by atoms with Crippen molar-refractivity contribution in [2.75, 3.05) is 26.9 Å². The van der Waals surface area contributed by atoms with E-state index in [1.165, 1.54) is 18.2 Å². The molecule has 1 aromatic carbocycles. The van der Waals surface area contributed by atoms with E-state index in [0.717, 1.165) is 19.3 Å². The topological polar surface area (TPSA) is 67.9 Å². The molecule has 1 saturated carbocycles. The molecule has 1 saturated heterocycles. The molecular formula is C20H27FN2O4. The van der Waals surface area contributed by atoms with Gasteiger partial charge in [-0.15, -0.1) is 0 Å². The first-order valence-corrected chi connectivity index (χ1v) is 9.57. The Balaban J connectivity index is 1.82. The number of carbonyl (C=O) groups is 2. The van der Waals surface area contributed by atoms with E-state index in [1.807, 2.05) is 0 Å². The van der Waals surface area contributed by atoms with Crippen LogP contribution in [-0.2, 0) is 14.3 Å². The van der Waals surface area contributed by atoms with Gasteiger partial charge in [0, 0.05) is 25.8 Å². The van der Waals surface area contributed by atoms with Gasteiger partial charge >= 0.3 is 0 Å². The molecule has 2 amide bonds. The lowest BCUT2D eigenvalue weighted by Crippen LogP contribution is -2.56. The third kappa shape index (κ3) is 4.30. The maximum atomic E-state index is 13.6. The summed E-state index contributed by atoms with van der Waals surface area (Å²) >= 11 is 0. The van der Waals surface area contributed by atoms with Gasteiger partial charge in [-0.3, -0.25) is 14.5 Å². The minimum absolute atomic E-state index is 0.164. The van der Waals surface area contributed by atoms with E-state index in [4.69, 9.17) is 9.47 Å². The van der Waals surface area contributed by atoms with Crippen LogP contribution in [0.2, 0.25) is 0 Å². The zero-order valence-corrected chi connectivity index (χ0v) is 15.7. The van der Waals surface area contributed by atoms with E-state index in [1.54, 1.807) is 18.1 Å². The number of benzene rings is 1. The molecule has 27 heavy (non-hydrogen) atoms. The van der Waals surface area contributed by atoms with Crippen molar-refractivity contribution >= 4 is 11.8 Å². The van der Waals surface area contributed by atoms with Gasteiger partial charge < -0.3 is 14.8 Å². The molecule has 2 fully saturated rings. The molecule has 7 heteroatoms. The summed E-state index contributed by atoms with van der Waals surface area (Å²) in [6.07, 6.45) is 5.05. The smallest absolute Gasteiger partial charge is 0.256 e. The summed E-state index contributed by atoms with van der Waals surface area (Å²) in [5.41, 5.74) is -0.529. The van der Waals surface area contributed by atoms with Crippen molar-refractivity contribution in [2.45, 2.75) is 50.3 Å². The van der Waals surface area contributed by atoms with Crippen LogP contribution >= 0.6 is 0 Å². The Hall–Kier alpha value is -1.99. The van der Waals surface area contributed by atoms with E-state index in [0.29, 0.717) is 32.4 Å². The number of carbonyl (C=O) groups excluding carboxylic acids is 2. The third-order valence-electron chi connectivity index (χ3n) is 5.31. The van der Waals surface area contributed by atoms with Crippen molar-refractivity contribution in [3.63, 3.8) is 0 Å². The zero-order chi connectivity index (χ0) is 19.3. The number of methoxy groups -OCH3 is 1. The lowest BCUT2D eigenvalue weighted by molar-refractivity contribution is -0.127. The maximum absolute atomic E-state index is 13.6. The van der Waals surface area contributed by atoms with Gasteiger partial charge in [0.05, 0.1) is 6.61 Å². The molecule has 0 bridgehead atoms. The van der Waals surface area contributed by atoms with Crippen LogP contribution < -0.4 is 5.32 Å². The van der Waals surface area contributed by atoms with Gasteiger partial charge in [0.1, 0.15) is 17.6 Å². The van der Waals surface area contributed by atoms with Crippen molar-refractivity contribution in [1.82, 2.24) is 10.2 Å². The molecule has 0 radical (unpaired) electrons. The van der Waals surface area contributed by atoms with Crippen molar-refractivity contribution in [2.24, 2.45) is 0 Å². The van der Waals surface area contributed by atoms with Gasteiger partial charge in [0.25, 0.3) is 5.91 Å². The normalized spacial score (nSPS) is 21.4. The Morgan fingerprint density at radius 1 is 1.33 bits per heavy atom. The molecular weight excluding hydrogens is 351 g/mol. The quantitative estimate of drug-likeness (QED) is 0.773. The van der Waals surface area contributed by atoms with E-state index in [-0.39, 0.29) is 24.0 Å². The van der Waals surface area contributed by atoms with Crippen LogP contribution in [0.4, 0.5) is 4.39 Å². The average molecular weight is 378 g/mol. The molecule has 148 valence electrons. The summed E-state index contributed by atoms with van der Waals surface area (Å²) in [6.45, 7) is 1.19. The minimum Gasteiger partial charge on any atom is -0.385 e. The molecule has 1 atom stereocenters. The van der Waals surface area contributed by atoms with Gasteiger partial charge in [-0.1, -0.05) is 12.5 Å². The first-order chi connectivity index (χ1) is 13.1. The third-order valence-corrected chi connectivity index (χ3v) is 5.31. The molecule has 2 aliphatic rings. The number of amides is 2. The summed E-state index contributed by atoms with van der Waals surface area (Å²) in [6, 6.07) is 4.89. The highest BCUT2D eigenvalue weighted by atomic mass is 19.1. The highest BCUT2D eigenvalue weighted by Crippen LogP contribution is 2.41. The second-order valence-electron chi connectivity index (χ2n) is 7.16. The van der Waals surface area contributed by atoms with Crippen LogP contribution in [0.1, 0.15) is 48.9 Å². The fourth-order valence-electron chi connectivity index (χ4n) is 3.98. The molecule has 1 aromatic rings. The Kier molecular flexibility index (Phi) is 6.44. The highest BCUT2D eigenvalue weighted by Gasteiger charge is 2.52. The Morgan fingerprint density at radius 3 is 2.81 bits per heavy atom. The number of hydrogen-bond donors (Lipinski definition) is 1. The maximum Gasteiger partial charge on any atom is 0.256 e. The molecule has 1 N–H and O–H groups in total. The van der Waals surface area contributed by atoms with Crippen LogP contribution in [0, 0.1) is 5.82 Å². The van der Waals surface area contributed by atoms with Crippen molar-refractivity contribution in [3.05, 3.63) is 35.6 Å². The fraction of sp³-hybridized carbons (Fsp3) is 0.600. The molecule has 0 aromatic heterocycles. The number of nitrogens with one attached hydrogen (secondary N) is 1. The first kappa shape index (κ1) is 19.8. The van der Waals surface area contributed by atoms with E-state index in [9.17, 15) is 14.0 Å². The molecule has 1 heterocycles. The summed E-state index contributed by atoms with van der Waals surface area (Å²) in [4.78, 5) is 27.6. The number of nitrogens with zero attached hydrogens (tertiary/aromatic N) is 1. The standard InChI is InChI=1S/C20H27FN2O4/c1-26-12-6-11-22-18(24)17-14-27-20(9-3-2-4-10-20)23(17)19(25)15-7-5-8-16(21)13-15/h5,7-8,13,17H,2-4,6,9-12,14H2,1H3,(H,22,24)/t17-/m0/s1. The molecule has 1 spiro atoms. The predicted octanol–water partition coefficient (Wildman–Crippen LogP) is 2.48. The van der Waals surface area contributed by atoms with Gasteiger partial charge in [-0.05, 0) is 50.3 Å². The fourth-order valence-corrected chi connectivity index (χ4v) is 3.98. The number of ether oxygens (including phenoxy) is 2. The second kappa shape index (κ2) is 8.80. The van der Waals surface area contributed by atoms with Crippen LogP contribution in [-0.4, -0.2) is 55.3 Å². The molecule has 0 unspecified atom stereocenters.